The molecule has 0 aromatic heterocycles. The molecule has 0 unspecified atom stereocenters. The van der Waals surface area contributed by atoms with E-state index in [9.17, 15) is 4.79 Å². The zero-order chi connectivity index (χ0) is 15.0. The van der Waals surface area contributed by atoms with E-state index in [2.05, 4.69) is 17.5 Å². The van der Waals surface area contributed by atoms with Crippen molar-refractivity contribution in [2.24, 2.45) is 0 Å². The quantitative estimate of drug-likeness (QED) is 0.867. The van der Waals surface area contributed by atoms with E-state index in [-0.39, 0.29) is 17.9 Å². The fraction of sp³-hybridized carbons (Fsp3) is 0.438. The minimum atomic E-state index is -0.112. The molecule has 1 heterocycles. The Morgan fingerprint density at radius 2 is 1.90 bits per heavy atom. The molecule has 0 saturated carbocycles. The summed E-state index contributed by atoms with van der Waals surface area (Å²) in [5, 5.41) is 3.07. The summed E-state index contributed by atoms with van der Waals surface area (Å²) in [5.41, 5.74) is 1.48. The molecule has 0 saturated heterocycles. The highest BCUT2D eigenvalue weighted by molar-refractivity contribution is 6.01. The van der Waals surface area contributed by atoms with Crippen LogP contribution in [0.2, 0.25) is 0 Å². The molecule has 0 radical (unpaired) electrons. The summed E-state index contributed by atoms with van der Waals surface area (Å²) < 4.78 is 16.2. The summed E-state index contributed by atoms with van der Waals surface area (Å²) in [6.07, 6.45) is 6.24. The lowest BCUT2D eigenvalue weighted by atomic mass is 9.79. The van der Waals surface area contributed by atoms with Gasteiger partial charge in [-0.3, -0.25) is 4.79 Å². The Kier molecular flexibility index (Phi) is 3.49. The number of nitrogens with one attached hydrogen (secondary N) is 1. The molecule has 0 fully saturated rings. The molecule has 2 aliphatic rings. The van der Waals surface area contributed by atoms with E-state index < -0.39 is 0 Å². The number of amides is 1. The third kappa shape index (κ3) is 2.04. The lowest BCUT2D eigenvalue weighted by molar-refractivity contribution is 0.0911. The Labute approximate surface area is 123 Å². The lowest BCUT2D eigenvalue weighted by Gasteiger charge is -2.35. The second-order valence-electron chi connectivity index (χ2n) is 5.22. The van der Waals surface area contributed by atoms with Crippen molar-refractivity contribution >= 4 is 5.91 Å². The van der Waals surface area contributed by atoms with Gasteiger partial charge in [-0.1, -0.05) is 12.2 Å². The number of fused-ring (bicyclic) bond motifs is 3. The molecule has 0 spiro atoms. The molecular weight excluding hydrogens is 270 g/mol. The van der Waals surface area contributed by atoms with Gasteiger partial charge in [-0.2, -0.15) is 0 Å². The second kappa shape index (κ2) is 5.31. The van der Waals surface area contributed by atoms with Crippen molar-refractivity contribution in [3.05, 3.63) is 29.3 Å². The van der Waals surface area contributed by atoms with Crippen molar-refractivity contribution in [2.75, 3.05) is 21.3 Å². The molecule has 1 aromatic carbocycles. The van der Waals surface area contributed by atoms with Gasteiger partial charge in [0.2, 0.25) is 5.75 Å². The molecule has 5 heteroatoms. The van der Waals surface area contributed by atoms with Gasteiger partial charge in [0.25, 0.3) is 5.91 Å². The van der Waals surface area contributed by atoms with Gasteiger partial charge in [-0.15, -0.1) is 0 Å². The largest absolute Gasteiger partial charge is 0.493 e. The first kappa shape index (κ1) is 13.8. The van der Waals surface area contributed by atoms with Crippen LogP contribution >= 0.6 is 0 Å². The van der Waals surface area contributed by atoms with Crippen LogP contribution in [0.25, 0.3) is 0 Å². The summed E-state index contributed by atoms with van der Waals surface area (Å²) >= 11 is 0. The van der Waals surface area contributed by atoms with Gasteiger partial charge in [0, 0.05) is 12.0 Å². The molecule has 2 atom stereocenters. The van der Waals surface area contributed by atoms with Crippen LogP contribution < -0.4 is 19.5 Å². The third-order valence-electron chi connectivity index (χ3n) is 4.18. The summed E-state index contributed by atoms with van der Waals surface area (Å²) in [7, 11) is 4.66. The highest BCUT2D eigenvalue weighted by Gasteiger charge is 2.37. The average molecular weight is 289 g/mol. The van der Waals surface area contributed by atoms with Crippen LogP contribution in [0.4, 0.5) is 0 Å². The summed E-state index contributed by atoms with van der Waals surface area (Å²) in [6, 6.07) is 2.03. The van der Waals surface area contributed by atoms with Gasteiger partial charge in [-0.25, -0.2) is 0 Å². The Bertz CT molecular complexity index is 609. The van der Waals surface area contributed by atoms with Gasteiger partial charge >= 0.3 is 0 Å². The van der Waals surface area contributed by atoms with Gasteiger partial charge in [0.1, 0.15) is 0 Å². The van der Waals surface area contributed by atoms with Crippen LogP contribution in [-0.2, 0) is 0 Å². The molecule has 21 heavy (non-hydrogen) atoms. The molecule has 0 bridgehead atoms. The number of ether oxygens (including phenoxy) is 3. The summed E-state index contributed by atoms with van der Waals surface area (Å²) in [6.45, 7) is 0. The van der Waals surface area contributed by atoms with Gasteiger partial charge in [-0.05, 0) is 24.5 Å². The third-order valence-corrected chi connectivity index (χ3v) is 4.18. The van der Waals surface area contributed by atoms with Crippen molar-refractivity contribution in [1.29, 1.82) is 0 Å². The molecule has 5 nitrogen and oxygen atoms in total. The first-order valence-electron chi connectivity index (χ1n) is 7.01. The molecule has 1 aromatic rings. The predicted octanol–water partition coefficient (Wildman–Crippen LogP) is 2.26. The maximum absolute atomic E-state index is 12.5. The van der Waals surface area contributed by atoms with E-state index in [0.717, 1.165) is 18.4 Å². The van der Waals surface area contributed by atoms with Crippen LogP contribution in [0.15, 0.2) is 18.2 Å². The molecule has 112 valence electrons. The van der Waals surface area contributed by atoms with Crippen LogP contribution in [-0.4, -0.2) is 33.3 Å². The summed E-state index contributed by atoms with van der Waals surface area (Å²) in [5.74, 6) is 1.51. The molecule has 1 amide bonds. The number of hydrogen-bond donors (Lipinski definition) is 1. The zero-order valence-corrected chi connectivity index (χ0v) is 12.4. The normalized spacial score (nSPS) is 22.9. The highest BCUT2D eigenvalue weighted by atomic mass is 16.5. The van der Waals surface area contributed by atoms with Crippen LogP contribution in [0.3, 0.4) is 0 Å². The number of hydrogen-bond acceptors (Lipinski definition) is 4. The standard InChI is InChI=1S/C16H19NO4/c1-19-12-8-10-9-6-4-5-7-11(9)17-16(18)13(10)15(21-3)14(12)20-2/h4,6,8-9,11H,5,7H2,1-3H3,(H,17,18)/t9-,11+/m1/s1. The Morgan fingerprint density at radius 1 is 1.14 bits per heavy atom. The molecule has 1 aliphatic heterocycles. The number of benzene rings is 1. The first-order chi connectivity index (χ1) is 10.2. The van der Waals surface area contributed by atoms with Gasteiger partial charge < -0.3 is 19.5 Å². The SMILES string of the molecule is COc1cc2c(c(OC)c1OC)C(=O)N[C@H]1CCC=C[C@H]21. The first-order valence-corrected chi connectivity index (χ1v) is 7.01. The number of methoxy groups -OCH3 is 3. The van der Waals surface area contributed by atoms with E-state index in [1.165, 1.54) is 14.2 Å². The van der Waals surface area contributed by atoms with Gasteiger partial charge in [0.15, 0.2) is 11.5 Å². The van der Waals surface area contributed by atoms with Crippen molar-refractivity contribution in [2.45, 2.75) is 24.8 Å². The zero-order valence-electron chi connectivity index (χ0n) is 12.4. The fourth-order valence-corrected chi connectivity index (χ4v) is 3.23. The van der Waals surface area contributed by atoms with Crippen molar-refractivity contribution in [3.63, 3.8) is 0 Å². The average Bonchev–Trinajstić information content (AvgIpc) is 2.52. The lowest BCUT2D eigenvalue weighted by Crippen LogP contribution is -2.44. The van der Waals surface area contributed by atoms with Crippen LogP contribution in [0.5, 0.6) is 17.2 Å². The number of rotatable bonds is 3. The maximum atomic E-state index is 12.5. The van der Waals surface area contributed by atoms with Crippen LogP contribution in [0, 0.1) is 0 Å². The predicted molar refractivity (Wildman–Crippen MR) is 78.5 cm³/mol. The maximum Gasteiger partial charge on any atom is 0.255 e. The van der Waals surface area contributed by atoms with E-state index >= 15 is 0 Å². The fourth-order valence-electron chi connectivity index (χ4n) is 3.23. The highest BCUT2D eigenvalue weighted by Crippen LogP contribution is 2.47. The smallest absolute Gasteiger partial charge is 0.255 e. The molecule has 1 N–H and O–H groups in total. The molecular formula is C16H19NO4. The van der Waals surface area contributed by atoms with E-state index in [0.29, 0.717) is 22.8 Å². The monoisotopic (exact) mass is 289 g/mol. The number of carbonyl (C=O) groups is 1. The molecule has 3 rings (SSSR count). The Morgan fingerprint density at radius 3 is 2.57 bits per heavy atom. The van der Waals surface area contributed by atoms with E-state index in [4.69, 9.17) is 14.2 Å². The van der Waals surface area contributed by atoms with Crippen molar-refractivity contribution in [3.8, 4) is 17.2 Å². The minimum absolute atomic E-state index is 0.112. The molecule has 1 aliphatic carbocycles. The Hall–Kier alpha value is -2.17. The van der Waals surface area contributed by atoms with Crippen molar-refractivity contribution in [1.82, 2.24) is 5.32 Å². The number of allylic oxidation sites excluding steroid dienone is 1. The second-order valence-corrected chi connectivity index (χ2v) is 5.22. The number of carbonyl (C=O) groups excluding carboxylic acids is 1. The van der Waals surface area contributed by atoms with Crippen molar-refractivity contribution < 1.29 is 19.0 Å². The van der Waals surface area contributed by atoms with Gasteiger partial charge in [0.05, 0.1) is 26.9 Å². The summed E-state index contributed by atoms with van der Waals surface area (Å²) in [4.78, 5) is 12.5. The van der Waals surface area contributed by atoms with Crippen LogP contribution in [0.1, 0.15) is 34.7 Å². The minimum Gasteiger partial charge on any atom is -0.493 e. The Balaban J connectivity index is 2.26. The topological polar surface area (TPSA) is 56.8 Å². The van der Waals surface area contributed by atoms with E-state index in [1.54, 1.807) is 7.11 Å². The van der Waals surface area contributed by atoms with E-state index in [1.807, 2.05) is 6.07 Å².